The predicted octanol–water partition coefficient (Wildman–Crippen LogP) is 1.23. The highest BCUT2D eigenvalue weighted by Crippen LogP contribution is 2.14. The van der Waals surface area contributed by atoms with E-state index in [1.165, 1.54) is 12.8 Å². The van der Waals surface area contributed by atoms with E-state index in [4.69, 9.17) is 0 Å². The van der Waals surface area contributed by atoms with Crippen LogP contribution < -0.4 is 10.0 Å². The first kappa shape index (κ1) is 15.2. The van der Waals surface area contributed by atoms with Crippen LogP contribution in [0.3, 0.4) is 0 Å². The molecule has 0 aromatic heterocycles. The summed E-state index contributed by atoms with van der Waals surface area (Å²) in [6.45, 7) is 4.02. The Hall–Kier alpha value is -0.170. The minimum absolute atomic E-state index is 0.283. The monoisotopic (exact) mass is 289 g/mol. The molecule has 2 atom stereocenters. The summed E-state index contributed by atoms with van der Waals surface area (Å²) in [7, 11) is -3.28. The van der Waals surface area contributed by atoms with Crippen LogP contribution in [0, 0.1) is 0 Å². The van der Waals surface area contributed by atoms with E-state index in [1.54, 1.807) is 4.31 Å². The lowest BCUT2D eigenvalue weighted by Gasteiger charge is -2.29. The molecule has 0 aromatic rings. The highest BCUT2D eigenvalue weighted by Gasteiger charge is 2.25. The third-order valence-corrected chi connectivity index (χ3v) is 5.70. The molecule has 2 unspecified atom stereocenters. The van der Waals surface area contributed by atoms with Crippen LogP contribution in [0.4, 0.5) is 0 Å². The summed E-state index contributed by atoms with van der Waals surface area (Å²) in [6.07, 6.45) is 7.70. The van der Waals surface area contributed by atoms with Gasteiger partial charge in [0.05, 0.1) is 0 Å². The van der Waals surface area contributed by atoms with Gasteiger partial charge in [0.2, 0.25) is 0 Å². The van der Waals surface area contributed by atoms with E-state index >= 15 is 0 Å². The fourth-order valence-electron chi connectivity index (χ4n) is 2.98. The molecule has 0 saturated carbocycles. The van der Waals surface area contributed by atoms with Crippen molar-refractivity contribution in [3.05, 3.63) is 0 Å². The Morgan fingerprint density at radius 1 is 1.11 bits per heavy atom. The summed E-state index contributed by atoms with van der Waals surface area (Å²) in [5.74, 6) is 0. The Bertz CT molecular complexity index is 364. The van der Waals surface area contributed by atoms with Crippen LogP contribution in [-0.4, -0.2) is 44.4 Å². The van der Waals surface area contributed by atoms with Crippen molar-refractivity contribution in [1.82, 2.24) is 14.3 Å². The molecule has 0 aliphatic carbocycles. The van der Waals surface area contributed by atoms with Gasteiger partial charge in [0.15, 0.2) is 0 Å². The minimum atomic E-state index is -3.28. The number of rotatable bonds is 4. The molecule has 0 amide bonds. The highest BCUT2D eigenvalue weighted by atomic mass is 32.2. The van der Waals surface area contributed by atoms with Gasteiger partial charge in [0, 0.05) is 31.7 Å². The van der Waals surface area contributed by atoms with Crippen LogP contribution in [0.15, 0.2) is 0 Å². The molecule has 2 heterocycles. The Kier molecular flexibility index (Phi) is 5.62. The number of nitrogens with one attached hydrogen (secondary N) is 2. The zero-order chi connectivity index (χ0) is 13.7. The fourth-order valence-corrected chi connectivity index (χ4v) is 4.31. The van der Waals surface area contributed by atoms with Gasteiger partial charge in [-0.1, -0.05) is 19.3 Å². The molecule has 112 valence electrons. The molecule has 2 fully saturated rings. The van der Waals surface area contributed by atoms with Gasteiger partial charge in [-0.05, 0) is 32.6 Å². The van der Waals surface area contributed by atoms with E-state index in [-0.39, 0.29) is 6.04 Å². The first-order valence-corrected chi connectivity index (χ1v) is 9.03. The van der Waals surface area contributed by atoms with E-state index in [0.717, 1.165) is 32.1 Å². The summed E-state index contributed by atoms with van der Waals surface area (Å²) in [5.41, 5.74) is 0. The number of hydrogen-bond acceptors (Lipinski definition) is 3. The van der Waals surface area contributed by atoms with Crippen LogP contribution >= 0.6 is 0 Å². The zero-order valence-electron chi connectivity index (χ0n) is 11.9. The molecule has 0 aromatic carbocycles. The Morgan fingerprint density at radius 3 is 2.42 bits per heavy atom. The summed E-state index contributed by atoms with van der Waals surface area (Å²) in [4.78, 5) is 0. The maximum absolute atomic E-state index is 12.2. The molecule has 0 radical (unpaired) electrons. The van der Waals surface area contributed by atoms with E-state index in [1.807, 2.05) is 0 Å². The molecule has 2 N–H and O–H groups in total. The van der Waals surface area contributed by atoms with Crippen molar-refractivity contribution in [3.8, 4) is 0 Å². The first-order chi connectivity index (χ1) is 9.08. The van der Waals surface area contributed by atoms with Crippen LogP contribution in [-0.2, 0) is 10.2 Å². The van der Waals surface area contributed by atoms with E-state index in [2.05, 4.69) is 17.0 Å². The SMILES string of the molecule is CC1CCCC(CNS(=O)(=O)N2CCCCCC2)N1. The maximum Gasteiger partial charge on any atom is 0.279 e. The van der Waals surface area contributed by atoms with Crippen molar-refractivity contribution in [1.29, 1.82) is 0 Å². The van der Waals surface area contributed by atoms with Gasteiger partial charge in [-0.15, -0.1) is 0 Å². The van der Waals surface area contributed by atoms with Crippen molar-refractivity contribution < 1.29 is 8.42 Å². The summed E-state index contributed by atoms with van der Waals surface area (Å²) >= 11 is 0. The van der Waals surface area contributed by atoms with E-state index < -0.39 is 10.2 Å². The van der Waals surface area contributed by atoms with Crippen LogP contribution in [0.25, 0.3) is 0 Å². The van der Waals surface area contributed by atoms with E-state index in [9.17, 15) is 8.42 Å². The van der Waals surface area contributed by atoms with Gasteiger partial charge in [0.1, 0.15) is 0 Å². The molecule has 0 bridgehead atoms. The average Bonchev–Trinajstić information content (AvgIpc) is 2.66. The number of nitrogens with zero attached hydrogens (tertiary/aromatic N) is 1. The molecule has 19 heavy (non-hydrogen) atoms. The predicted molar refractivity (Wildman–Crippen MR) is 77.2 cm³/mol. The molecule has 5 nitrogen and oxygen atoms in total. The van der Waals surface area contributed by atoms with Crippen molar-refractivity contribution in [2.75, 3.05) is 19.6 Å². The second-order valence-electron chi connectivity index (χ2n) is 5.86. The standard InChI is InChI=1S/C13H27N3O2S/c1-12-7-6-8-13(15-12)11-14-19(17,18)16-9-4-2-3-5-10-16/h12-15H,2-11H2,1H3. The largest absolute Gasteiger partial charge is 0.310 e. The Morgan fingerprint density at radius 2 is 1.79 bits per heavy atom. The van der Waals surface area contributed by atoms with Crippen LogP contribution in [0.5, 0.6) is 0 Å². The Balaban J connectivity index is 1.82. The van der Waals surface area contributed by atoms with Crippen molar-refractivity contribution >= 4 is 10.2 Å². The van der Waals surface area contributed by atoms with Gasteiger partial charge in [-0.25, -0.2) is 4.72 Å². The van der Waals surface area contributed by atoms with Gasteiger partial charge in [-0.2, -0.15) is 12.7 Å². The first-order valence-electron chi connectivity index (χ1n) is 7.59. The van der Waals surface area contributed by atoms with Crippen molar-refractivity contribution in [2.45, 2.75) is 64.0 Å². The summed E-state index contributed by atoms with van der Waals surface area (Å²) in [5, 5.41) is 3.46. The second kappa shape index (κ2) is 7.02. The normalized spacial score (nSPS) is 31.0. The van der Waals surface area contributed by atoms with Crippen LogP contribution in [0.1, 0.15) is 51.9 Å². The molecule has 0 spiro atoms. The van der Waals surface area contributed by atoms with Crippen molar-refractivity contribution in [3.63, 3.8) is 0 Å². The van der Waals surface area contributed by atoms with Crippen molar-refractivity contribution in [2.24, 2.45) is 0 Å². The lowest BCUT2D eigenvalue weighted by atomic mass is 10.00. The quantitative estimate of drug-likeness (QED) is 0.818. The third-order valence-electron chi connectivity index (χ3n) is 4.13. The number of piperidine rings is 1. The fraction of sp³-hybridized carbons (Fsp3) is 1.00. The molecule has 6 heteroatoms. The Labute approximate surface area is 117 Å². The zero-order valence-corrected chi connectivity index (χ0v) is 12.7. The van der Waals surface area contributed by atoms with Gasteiger partial charge in [0.25, 0.3) is 10.2 Å². The lowest BCUT2D eigenvalue weighted by molar-refractivity contribution is 0.330. The maximum atomic E-state index is 12.2. The third kappa shape index (κ3) is 4.70. The summed E-state index contributed by atoms with van der Waals surface area (Å²) in [6, 6.07) is 0.784. The minimum Gasteiger partial charge on any atom is -0.310 e. The molecule has 2 aliphatic rings. The highest BCUT2D eigenvalue weighted by molar-refractivity contribution is 7.87. The molecular formula is C13H27N3O2S. The topological polar surface area (TPSA) is 61.4 Å². The second-order valence-corrected chi connectivity index (χ2v) is 7.62. The molecular weight excluding hydrogens is 262 g/mol. The van der Waals surface area contributed by atoms with Gasteiger partial charge < -0.3 is 5.32 Å². The average molecular weight is 289 g/mol. The van der Waals surface area contributed by atoms with Gasteiger partial charge in [-0.3, -0.25) is 0 Å². The summed E-state index contributed by atoms with van der Waals surface area (Å²) < 4.78 is 28.9. The van der Waals surface area contributed by atoms with E-state index in [0.29, 0.717) is 25.7 Å². The lowest BCUT2D eigenvalue weighted by Crippen LogP contribution is -2.50. The molecule has 2 saturated heterocycles. The van der Waals surface area contributed by atoms with Gasteiger partial charge >= 0.3 is 0 Å². The number of hydrogen-bond donors (Lipinski definition) is 2. The smallest absolute Gasteiger partial charge is 0.279 e. The van der Waals surface area contributed by atoms with Crippen LogP contribution in [0.2, 0.25) is 0 Å². The molecule has 2 aliphatic heterocycles. The molecule has 2 rings (SSSR count).